The number of aromatic nitrogens is 2. The van der Waals surface area contributed by atoms with Crippen LogP contribution in [0.25, 0.3) is 11.0 Å². The summed E-state index contributed by atoms with van der Waals surface area (Å²) in [7, 11) is 2.18. The van der Waals surface area contributed by atoms with Crippen LogP contribution in [0.4, 0.5) is 0 Å². The molecule has 1 aromatic carbocycles. The maximum Gasteiger partial charge on any atom is 0.108 e. The van der Waals surface area contributed by atoms with Crippen LogP contribution in [0.1, 0.15) is 12.7 Å². The van der Waals surface area contributed by atoms with Crippen molar-refractivity contribution in [2.75, 3.05) is 46.4 Å². The van der Waals surface area contributed by atoms with Gasteiger partial charge in [0.1, 0.15) is 5.82 Å². The van der Waals surface area contributed by atoms with Crippen LogP contribution in [-0.2, 0) is 11.2 Å². The third-order valence-electron chi connectivity index (χ3n) is 4.47. The maximum absolute atomic E-state index is 6.02. The average molecular weight is 337 g/mol. The van der Waals surface area contributed by atoms with Gasteiger partial charge in [-0.05, 0) is 32.2 Å². The van der Waals surface area contributed by atoms with Gasteiger partial charge in [0.15, 0.2) is 0 Å². The lowest BCUT2D eigenvalue weighted by atomic mass is 10.2. The first-order valence-electron chi connectivity index (χ1n) is 8.26. The van der Waals surface area contributed by atoms with E-state index in [1.165, 1.54) is 0 Å². The first kappa shape index (κ1) is 16.7. The van der Waals surface area contributed by atoms with Crippen LogP contribution in [0.3, 0.4) is 0 Å². The van der Waals surface area contributed by atoms with Crippen molar-refractivity contribution in [2.45, 2.75) is 19.4 Å². The molecule has 1 aliphatic heterocycles. The van der Waals surface area contributed by atoms with Crippen LogP contribution >= 0.6 is 11.6 Å². The van der Waals surface area contributed by atoms with E-state index < -0.39 is 0 Å². The Morgan fingerprint density at radius 1 is 1.39 bits per heavy atom. The Labute approximate surface area is 142 Å². The van der Waals surface area contributed by atoms with E-state index in [0.29, 0.717) is 6.04 Å². The normalized spacial score (nSPS) is 17.9. The summed E-state index contributed by atoms with van der Waals surface area (Å²) in [6, 6.07) is 6.32. The molecule has 1 aromatic heterocycles. The van der Waals surface area contributed by atoms with Gasteiger partial charge in [-0.1, -0.05) is 11.6 Å². The summed E-state index contributed by atoms with van der Waals surface area (Å²) < 4.78 is 5.42. The number of ether oxygens (including phenoxy) is 1. The van der Waals surface area contributed by atoms with E-state index in [4.69, 9.17) is 16.3 Å². The van der Waals surface area contributed by atoms with Gasteiger partial charge in [0.05, 0.1) is 24.2 Å². The van der Waals surface area contributed by atoms with Crippen molar-refractivity contribution in [1.82, 2.24) is 19.8 Å². The molecule has 5 nitrogen and oxygen atoms in total. The van der Waals surface area contributed by atoms with Crippen molar-refractivity contribution in [3.05, 3.63) is 29.0 Å². The molecule has 1 N–H and O–H groups in total. The fourth-order valence-electron chi connectivity index (χ4n) is 3.13. The number of imidazole rings is 1. The quantitative estimate of drug-likeness (QED) is 0.880. The Balaban J connectivity index is 1.50. The SMILES string of the molecule is CC(CN(C)CCc1nc2ccc(Cl)cc2[nH]1)N1CCOCC1. The van der Waals surface area contributed by atoms with Crippen LogP contribution in [0.2, 0.25) is 5.02 Å². The molecule has 0 aliphatic carbocycles. The highest BCUT2D eigenvalue weighted by molar-refractivity contribution is 6.31. The molecule has 1 unspecified atom stereocenters. The highest BCUT2D eigenvalue weighted by Crippen LogP contribution is 2.17. The van der Waals surface area contributed by atoms with Crippen LogP contribution in [0.15, 0.2) is 18.2 Å². The van der Waals surface area contributed by atoms with Crippen molar-refractivity contribution in [2.24, 2.45) is 0 Å². The van der Waals surface area contributed by atoms with E-state index in [1.807, 2.05) is 18.2 Å². The second-order valence-corrected chi connectivity index (χ2v) is 6.79. The van der Waals surface area contributed by atoms with E-state index in [1.54, 1.807) is 0 Å². The zero-order chi connectivity index (χ0) is 16.2. The summed E-state index contributed by atoms with van der Waals surface area (Å²) in [5.74, 6) is 1.02. The Bertz CT molecular complexity index is 639. The molecular weight excluding hydrogens is 312 g/mol. The number of morpholine rings is 1. The van der Waals surface area contributed by atoms with Crippen molar-refractivity contribution >= 4 is 22.6 Å². The Morgan fingerprint density at radius 3 is 2.96 bits per heavy atom. The minimum absolute atomic E-state index is 0.554. The van der Waals surface area contributed by atoms with Crippen LogP contribution < -0.4 is 0 Å². The minimum atomic E-state index is 0.554. The summed E-state index contributed by atoms with van der Waals surface area (Å²) in [5.41, 5.74) is 1.99. The first-order valence-corrected chi connectivity index (χ1v) is 8.64. The van der Waals surface area contributed by atoms with Crippen molar-refractivity contribution < 1.29 is 4.74 Å². The Hall–Kier alpha value is -1.14. The molecule has 1 fully saturated rings. The van der Waals surface area contributed by atoms with Gasteiger partial charge in [0.2, 0.25) is 0 Å². The van der Waals surface area contributed by atoms with Crippen LogP contribution in [0, 0.1) is 0 Å². The van der Waals surface area contributed by atoms with E-state index in [9.17, 15) is 0 Å². The second-order valence-electron chi connectivity index (χ2n) is 6.35. The summed E-state index contributed by atoms with van der Waals surface area (Å²) in [6.45, 7) is 8.14. The summed E-state index contributed by atoms with van der Waals surface area (Å²) in [5, 5.41) is 0.740. The predicted molar refractivity (Wildman–Crippen MR) is 94.2 cm³/mol. The zero-order valence-electron chi connectivity index (χ0n) is 13.9. The zero-order valence-corrected chi connectivity index (χ0v) is 14.6. The molecule has 1 atom stereocenters. The standard InChI is InChI=1S/C17H25ClN4O/c1-13(22-7-9-23-10-8-22)12-21(2)6-5-17-19-15-4-3-14(18)11-16(15)20-17/h3-4,11,13H,5-10,12H2,1-2H3,(H,19,20). The van der Waals surface area contributed by atoms with Gasteiger partial charge in [-0.15, -0.1) is 0 Å². The maximum atomic E-state index is 6.02. The van der Waals surface area contributed by atoms with E-state index >= 15 is 0 Å². The molecule has 1 saturated heterocycles. The lowest BCUT2D eigenvalue weighted by molar-refractivity contribution is 0.0142. The van der Waals surface area contributed by atoms with Gasteiger partial charge in [-0.2, -0.15) is 0 Å². The number of aromatic amines is 1. The van der Waals surface area contributed by atoms with E-state index in [0.717, 1.165) is 67.7 Å². The molecule has 0 radical (unpaired) electrons. The average Bonchev–Trinajstić information content (AvgIpc) is 2.95. The smallest absolute Gasteiger partial charge is 0.108 e. The van der Waals surface area contributed by atoms with Crippen LogP contribution in [-0.4, -0.2) is 72.3 Å². The number of likely N-dealkylation sites (N-methyl/N-ethyl adjacent to an activating group) is 1. The molecule has 126 valence electrons. The third-order valence-corrected chi connectivity index (χ3v) is 4.70. The summed E-state index contributed by atoms with van der Waals surface area (Å²) in [6.07, 6.45) is 0.915. The number of fused-ring (bicyclic) bond motifs is 1. The number of hydrogen-bond acceptors (Lipinski definition) is 4. The Kier molecular flexibility index (Phi) is 5.54. The van der Waals surface area contributed by atoms with Gasteiger partial charge in [-0.25, -0.2) is 4.98 Å². The van der Waals surface area contributed by atoms with Gasteiger partial charge < -0.3 is 14.6 Å². The monoisotopic (exact) mass is 336 g/mol. The third kappa shape index (κ3) is 4.44. The van der Waals surface area contributed by atoms with E-state index in [2.05, 4.69) is 33.7 Å². The lowest BCUT2D eigenvalue weighted by Gasteiger charge is -2.34. The van der Waals surface area contributed by atoms with Crippen molar-refractivity contribution in [3.63, 3.8) is 0 Å². The molecular formula is C17H25ClN4O. The largest absolute Gasteiger partial charge is 0.379 e. The van der Waals surface area contributed by atoms with Crippen molar-refractivity contribution in [3.8, 4) is 0 Å². The number of benzene rings is 1. The number of hydrogen-bond donors (Lipinski definition) is 1. The molecule has 0 saturated carbocycles. The van der Waals surface area contributed by atoms with Gasteiger partial charge in [0.25, 0.3) is 0 Å². The lowest BCUT2D eigenvalue weighted by Crippen LogP contribution is -2.47. The molecule has 0 bridgehead atoms. The number of nitrogens with one attached hydrogen (secondary N) is 1. The number of halogens is 1. The van der Waals surface area contributed by atoms with Gasteiger partial charge >= 0.3 is 0 Å². The van der Waals surface area contributed by atoms with Gasteiger partial charge in [0, 0.05) is 43.7 Å². The predicted octanol–water partition coefficient (Wildman–Crippen LogP) is 2.41. The molecule has 3 rings (SSSR count). The molecule has 23 heavy (non-hydrogen) atoms. The first-order chi connectivity index (χ1) is 11.1. The number of nitrogens with zero attached hydrogens (tertiary/aromatic N) is 3. The Morgan fingerprint density at radius 2 is 2.17 bits per heavy atom. The van der Waals surface area contributed by atoms with E-state index in [-0.39, 0.29) is 0 Å². The van der Waals surface area contributed by atoms with Crippen LogP contribution in [0.5, 0.6) is 0 Å². The van der Waals surface area contributed by atoms with Crippen molar-refractivity contribution in [1.29, 1.82) is 0 Å². The molecule has 2 aromatic rings. The number of H-pyrrole nitrogens is 1. The second kappa shape index (κ2) is 7.62. The molecule has 6 heteroatoms. The fourth-order valence-corrected chi connectivity index (χ4v) is 3.30. The highest BCUT2D eigenvalue weighted by atomic mass is 35.5. The number of rotatable bonds is 6. The topological polar surface area (TPSA) is 44.4 Å². The molecule has 0 amide bonds. The summed E-state index contributed by atoms with van der Waals surface area (Å²) >= 11 is 6.02. The molecule has 1 aliphatic rings. The van der Waals surface area contributed by atoms with Gasteiger partial charge in [-0.3, -0.25) is 4.90 Å². The molecule has 0 spiro atoms. The molecule has 2 heterocycles. The summed E-state index contributed by atoms with van der Waals surface area (Å²) in [4.78, 5) is 12.9. The highest BCUT2D eigenvalue weighted by Gasteiger charge is 2.18. The fraction of sp³-hybridized carbons (Fsp3) is 0.588. The minimum Gasteiger partial charge on any atom is -0.379 e.